The molecule has 15 heavy (non-hydrogen) atoms. The summed E-state index contributed by atoms with van der Waals surface area (Å²) in [7, 11) is 0. The number of nitrogens with one attached hydrogen (secondary N) is 1. The van der Waals surface area contributed by atoms with Gasteiger partial charge in [0.25, 0.3) is 0 Å². The number of hydrogen-bond acceptors (Lipinski definition) is 5. The fraction of sp³-hybridized carbons (Fsp3) is 0.111. The highest BCUT2D eigenvalue weighted by Gasteiger charge is 2.04. The number of aromatic amines is 1. The molecule has 2 aromatic rings. The highest BCUT2D eigenvalue weighted by Crippen LogP contribution is 2.10. The summed E-state index contributed by atoms with van der Waals surface area (Å²) in [6, 6.07) is 5.42. The van der Waals surface area contributed by atoms with E-state index in [1.54, 1.807) is 6.07 Å². The molecule has 6 nitrogen and oxygen atoms in total. The van der Waals surface area contributed by atoms with Gasteiger partial charge in [0.05, 0.1) is 0 Å². The van der Waals surface area contributed by atoms with Crippen LogP contribution in [0.5, 0.6) is 0 Å². The number of nitrogens with zero attached hydrogens (tertiary/aromatic N) is 3. The maximum atomic E-state index is 11.1. The van der Waals surface area contributed by atoms with Crippen molar-refractivity contribution in [1.29, 1.82) is 0 Å². The maximum Gasteiger partial charge on any atom is 0.349 e. The highest BCUT2D eigenvalue weighted by atomic mass is 16.1. The van der Waals surface area contributed by atoms with Gasteiger partial charge in [0, 0.05) is 5.69 Å². The van der Waals surface area contributed by atoms with Crippen molar-refractivity contribution < 1.29 is 0 Å². The van der Waals surface area contributed by atoms with Gasteiger partial charge < -0.3 is 5.73 Å². The first-order valence-electron chi connectivity index (χ1n) is 4.33. The van der Waals surface area contributed by atoms with Gasteiger partial charge in [-0.1, -0.05) is 6.07 Å². The Hall–Kier alpha value is -2.24. The normalized spacial score (nSPS) is 10.2. The fourth-order valence-corrected chi connectivity index (χ4v) is 1.20. The third-order valence-electron chi connectivity index (χ3n) is 1.80. The van der Waals surface area contributed by atoms with E-state index >= 15 is 0 Å². The zero-order valence-corrected chi connectivity index (χ0v) is 8.06. The first-order chi connectivity index (χ1) is 7.15. The molecule has 0 saturated carbocycles. The van der Waals surface area contributed by atoms with Crippen LogP contribution in [-0.2, 0) is 0 Å². The minimum Gasteiger partial charge on any atom is -0.368 e. The van der Waals surface area contributed by atoms with Crippen LogP contribution in [-0.4, -0.2) is 19.9 Å². The molecule has 6 heteroatoms. The van der Waals surface area contributed by atoms with Crippen LogP contribution < -0.4 is 11.4 Å². The molecule has 2 rings (SSSR count). The topological polar surface area (TPSA) is 97.5 Å². The molecule has 3 N–H and O–H groups in total. The van der Waals surface area contributed by atoms with Gasteiger partial charge in [-0.05, 0) is 19.1 Å². The smallest absolute Gasteiger partial charge is 0.349 e. The molecule has 0 aliphatic rings. The summed E-state index contributed by atoms with van der Waals surface area (Å²) in [5.41, 5.74) is 6.25. The van der Waals surface area contributed by atoms with Crippen LogP contribution in [0.15, 0.2) is 23.0 Å². The molecule has 2 heterocycles. The average Bonchev–Trinajstić information content (AvgIpc) is 2.16. The van der Waals surface area contributed by atoms with Crippen molar-refractivity contribution in [2.45, 2.75) is 6.92 Å². The van der Waals surface area contributed by atoms with Crippen LogP contribution in [0.2, 0.25) is 0 Å². The molecule has 0 aliphatic heterocycles. The molecule has 0 amide bonds. The van der Waals surface area contributed by atoms with Crippen LogP contribution in [0.25, 0.3) is 11.5 Å². The molecule has 0 saturated heterocycles. The van der Waals surface area contributed by atoms with Gasteiger partial charge in [-0.25, -0.2) is 9.78 Å². The Bertz CT molecular complexity index is 548. The lowest BCUT2D eigenvalue weighted by Gasteiger charge is -2.00. The number of aromatic nitrogens is 4. The highest BCUT2D eigenvalue weighted by molar-refractivity contribution is 5.49. The fourth-order valence-electron chi connectivity index (χ4n) is 1.20. The zero-order valence-electron chi connectivity index (χ0n) is 8.06. The third kappa shape index (κ3) is 1.98. The number of H-pyrrole nitrogens is 1. The molecular weight excluding hydrogens is 194 g/mol. The molecule has 0 unspecified atom stereocenters. The van der Waals surface area contributed by atoms with Crippen molar-refractivity contribution in [2.75, 3.05) is 5.73 Å². The van der Waals surface area contributed by atoms with Crippen LogP contribution in [0.3, 0.4) is 0 Å². The van der Waals surface area contributed by atoms with Crippen LogP contribution in [0.1, 0.15) is 5.69 Å². The maximum absolute atomic E-state index is 11.1. The molecular formula is C9H9N5O. The Morgan fingerprint density at radius 2 is 2.07 bits per heavy atom. The number of pyridine rings is 1. The summed E-state index contributed by atoms with van der Waals surface area (Å²) in [5.74, 6) is 0.272. The van der Waals surface area contributed by atoms with E-state index in [0.717, 1.165) is 5.69 Å². The van der Waals surface area contributed by atoms with E-state index in [2.05, 4.69) is 19.9 Å². The Balaban J connectivity index is 2.59. The Kier molecular flexibility index (Phi) is 2.17. The standard InChI is InChI=1S/C9H9N5O/c1-5-3-2-4-6(11-5)7-12-8(10)14-9(15)13-7/h2-4H,1H3,(H3,10,12,13,14,15). The Morgan fingerprint density at radius 1 is 1.27 bits per heavy atom. The van der Waals surface area contributed by atoms with E-state index in [1.165, 1.54) is 0 Å². The lowest BCUT2D eigenvalue weighted by Crippen LogP contribution is -2.15. The van der Waals surface area contributed by atoms with Crippen LogP contribution >= 0.6 is 0 Å². The minimum atomic E-state index is -0.527. The Labute approximate surface area is 85.2 Å². The number of anilines is 1. The van der Waals surface area contributed by atoms with Gasteiger partial charge >= 0.3 is 5.69 Å². The summed E-state index contributed by atoms with van der Waals surface area (Å²) in [4.78, 5) is 25.0. The number of aryl methyl sites for hydroxylation is 1. The largest absolute Gasteiger partial charge is 0.368 e. The first-order valence-corrected chi connectivity index (χ1v) is 4.33. The second-order valence-electron chi connectivity index (χ2n) is 3.02. The molecule has 0 spiro atoms. The van der Waals surface area contributed by atoms with Crippen molar-refractivity contribution in [1.82, 2.24) is 19.9 Å². The minimum absolute atomic E-state index is 0.0583. The summed E-state index contributed by atoms with van der Waals surface area (Å²) in [5, 5.41) is 0. The van der Waals surface area contributed by atoms with E-state index < -0.39 is 5.69 Å². The van der Waals surface area contributed by atoms with E-state index in [4.69, 9.17) is 5.73 Å². The van der Waals surface area contributed by atoms with Gasteiger partial charge in [0.15, 0.2) is 5.82 Å². The molecule has 76 valence electrons. The molecule has 0 aliphatic carbocycles. The van der Waals surface area contributed by atoms with E-state index in [9.17, 15) is 4.79 Å². The Morgan fingerprint density at radius 3 is 2.73 bits per heavy atom. The number of hydrogen-bond donors (Lipinski definition) is 2. The van der Waals surface area contributed by atoms with E-state index in [1.807, 2.05) is 19.1 Å². The quantitative estimate of drug-likeness (QED) is 0.685. The number of nitrogen functional groups attached to an aromatic ring is 1. The lowest BCUT2D eigenvalue weighted by atomic mass is 10.3. The number of rotatable bonds is 1. The van der Waals surface area contributed by atoms with Gasteiger partial charge in [-0.3, -0.25) is 4.98 Å². The monoisotopic (exact) mass is 203 g/mol. The van der Waals surface area contributed by atoms with Crippen molar-refractivity contribution in [3.05, 3.63) is 34.4 Å². The SMILES string of the molecule is Cc1cccc(-c2nc(N)nc(=O)[nH]2)n1. The second-order valence-corrected chi connectivity index (χ2v) is 3.02. The average molecular weight is 203 g/mol. The predicted octanol–water partition coefficient (Wildman–Crippen LogP) is 0.118. The molecule has 0 fully saturated rings. The van der Waals surface area contributed by atoms with Gasteiger partial charge in [-0.15, -0.1) is 0 Å². The van der Waals surface area contributed by atoms with Crippen molar-refractivity contribution >= 4 is 5.95 Å². The molecule has 2 aromatic heterocycles. The second kappa shape index (κ2) is 3.49. The summed E-state index contributed by atoms with van der Waals surface area (Å²) in [6.07, 6.45) is 0. The van der Waals surface area contributed by atoms with Gasteiger partial charge in [0.2, 0.25) is 5.95 Å². The van der Waals surface area contributed by atoms with Gasteiger partial charge in [0.1, 0.15) is 5.69 Å². The van der Waals surface area contributed by atoms with Crippen LogP contribution in [0, 0.1) is 6.92 Å². The van der Waals surface area contributed by atoms with Gasteiger partial charge in [-0.2, -0.15) is 9.97 Å². The summed E-state index contributed by atoms with van der Waals surface area (Å²) in [6.45, 7) is 1.85. The van der Waals surface area contributed by atoms with Crippen molar-refractivity contribution in [3.63, 3.8) is 0 Å². The summed E-state index contributed by atoms with van der Waals surface area (Å²) >= 11 is 0. The molecule has 0 atom stereocenters. The molecule has 0 aromatic carbocycles. The van der Waals surface area contributed by atoms with E-state index in [0.29, 0.717) is 11.5 Å². The third-order valence-corrected chi connectivity index (χ3v) is 1.80. The zero-order chi connectivity index (χ0) is 10.8. The van der Waals surface area contributed by atoms with Crippen molar-refractivity contribution in [3.8, 4) is 11.5 Å². The first kappa shape index (κ1) is 9.32. The number of nitrogens with two attached hydrogens (primary N) is 1. The van der Waals surface area contributed by atoms with Crippen molar-refractivity contribution in [2.24, 2.45) is 0 Å². The van der Waals surface area contributed by atoms with E-state index in [-0.39, 0.29) is 5.95 Å². The molecule has 0 bridgehead atoms. The lowest BCUT2D eigenvalue weighted by molar-refractivity contribution is 0.995. The van der Waals surface area contributed by atoms with Crippen LogP contribution in [0.4, 0.5) is 5.95 Å². The molecule has 0 radical (unpaired) electrons. The summed E-state index contributed by atoms with van der Waals surface area (Å²) < 4.78 is 0. The predicted molar refractivity (Wildman–Crippen MR) is 55.0 cm³/mol.